The number of anilines is 1. The number of pyridine rings is 1. The SMILES string of the molecule is Cc1cc(-c2cc(C3CC3)nc(N)c2C#N)ccc1O. The maximum Gasteiger partial charge on any atom is 0.142 e. The van der Waals surface area contributed by atoms with E-state index in [4.69, 9.17) is 5.73 Å². The molecule has 0 radical (unpaired) electrons. The second-order valence-electron chi connectivity index (χ2n) is 5.24. The topological polar surface area (TPSA) is 82.9 Å². The molecule has 3 rings (SSSR count). The van der Waals surface area contributed by atoms with E-state index in [9.17, 15) is 10.4 Å². The predicted molar refractivity (Wildman–Crippen MR) is 77.2 cm³/mol. The molecule has 0 unspecified atom stereocenters. The van der Waals surface area contributed by atoms with E-state index in [1.54, 1.807) is 12.1 Å². The fourth-order valence-electron chi connectivity index (χ4n) is 2.34. The van der Waals surface area contributed by atoms with Gasteiger partial charge in [-0.25, -0.2) is 4.98 Å². The number of phenolic OH excluding ortho intramolecular Hbond substituents is 1. The van der Waals surface area contributed by atoms with Crippen molar-refractivity contribution < 1.29 is 5.11 Å². The zero-order valence-electron chi connectivity index (χ0n) is 11.2. The summed E-state index contributed by atoms with van der Waals surface area (Å²) in [5.74, 6) is 1.01. The van der Waals surface area contributed by atoms with E-state index in [2.05, 4.69) is 11.1 Å². The summed E-state index contributed by atoms with van der Waals surface area (Å²) in [5.41, 5.74) is 9.73. The Kier molecular flexibility index (Phi) is 2.83. The van der Waals surface area contributed by atoms with E-state index < -0.39 is 0 Å². The number of aromatic hydroxyl groups is 1. The van der Waals surface area contributed by atoms with Crippen LogP contribution in [0.1, 0.15) is 35.6 Å². The molecule has 0 amide bonds. The number of benzene rings is 1. The lowest BCUT2D eigenvalue weighted by atomic mass is 9.97. The minimum Gasteiger partial charge on any atom is -0.508 e. The van der Waals surface area contributed by atoms with Gasteiger partial charge in [-0.1, -0.05) is 6.07 Å². The molecule has 1 aliphatic rings. The summed E-state index contributed by atoms with van der Waals surface area (Å²) < 4.78 is 0. The summed E-state index contributed by atoms with van der Waals surface area (Å²) >= 11 is 0. The van der Waals surface area contributed by atoms with Crippen LogP contribution in [-0.2, 0) is 0 Å². The third-order valence-corrected chi connectivity index (χ3v) is 3.68. The second kappa shape index (κ2) is 4.53. The molecule has 100 valence electrons. The highest BCUT2D eigenvalue weighted by molar-refractivity contribution is 5.76. The van der Waals surface area contributed by atoms with Crippen LogP contribution in [0.5, 0.6) is 5.75 Å². The molecule has 1 heterocycles. The summed E-state index contributed by atoms with van der Waals surface area (Å²) in [4.78, 5) is 4.34. The Bertz CT molecular complexity index is 727. The van der Waals surface area contributed by atoms with Gasteiger partial charge in [-0.05, 0) is 49.1 Å². The number of phenols is 1. The first-order valence-electron chi connectivity index (χ1n) is 6.60. The van der Waals surface area contributed by atoms with Gasteiger partial charge in [-0.3, -0.25) is 0 Å². The summed E-state index contributed by atoms with van der Waals surface area (Å²) in [5, 5.41) is 18.9. The summed E-state index contributed by atoms with van der Waals surface area (Å²) in [6.07, 6.45) is 2.26. The Labute approximate surface area is 117 Å². The highest BCUT2D eigenvalue weighted by atomic mass is 16.3. The highest BCUT2D eigenvalue weighted by Gasteiger charge is 2.27. The van der Waals surface area contributed by atoms with Crippen molar-refractivity contribution in [3.63, 3.8) is 0 Å². The molecule has 20 heavy (non-hydrogen) atoms. The van der Waals surface area contributed by atoms with Crippen LogP contribution in [0.4, 0.5) is 5.82 Å². The Hall–Kier alpha value is -2.54. The molecule has 1 aromatic carbocycles. The third kappa shape index (κ3) is 2.08. The van der Waals surface area contributed by atoms with Crippen molar-refractivity contribution in [1.29, 1.82) is 5.26 Å². The summed E-state index contributed by atoms with van der Waals surface area (Å²) in [6.45, 7) is 1.83. The number of nitrogens with two attached hydrogens (primary N) is 1. The summed E-state index contributed by atoms with van der Waals surface area (Å²) in [7, 11) is 0. The number of nitrogens with zero attached hydrogens (tertiary/aromatic N) is 2. The quantitative estimate of drug-likeness (QED) is 0.874. The van der Waals surface area contributed by atoms with Gasteiger partial charge in [0.2, 0.25) is 0 Å². The molecule has 1 saturated carbocycles. The second-order valence-corrected chi connectivity index (χ2v) is 5.24. The maximum absolute atomic E-state index is 9.62. The van der Waals surface area contributed by atoms with Gasteiger partial charge >= 0.3 is 0 Å². The normalized spacial score (nSPS) is 14.0. The van der Waals surface area contributed by atoms with E-state index in [1.165, 1.54) is 0 Å². The average molecular weight is 265 g/mol. The first-order valence-corrected chi connectivity index (χ1v) is 6.60. The van der Waals surface area contributed by atoms with Crippen molar-refractivity contribution in [3.8, 4) is 22.9 Å². The monoisotopic (exact) mass is 265 g/mol. The first-order chi connectivity index (χ1) is 9.60. The number of aryl methyl sites for hydroxylation is 1. The van der Waals surface area contributed by atoms with E-state index in [0.29, 0.717) is 11.5 Å². The highest BCUT2D eigenvalue weighted by Crippen LogP contribution is 2.41. The van der Waals surface area contributed by atoms with Gasteiger partial charge in [0, 0.05) is 17.2 Å². The van der Waals surface area contributed by atoms with Crippen molar-refractivity contribution >= 4 is 5.82 Å². The first kappa shape index (κ1) is 12.5. The Morgan fingerprint density at radius 1 is 1.35 bits per heavy atom. The molecule has 4 heteroatoms. The van der Waals surface area contributed by atoms with E-state index >= 15 is 0 Å². The van der Waals surface area contributed by atoms with Crippen molar-refractivity contribution in [2.24, 2.45) is 0 Å². The number of hydrogen-bond donors (Lipinski definition) is 2. The van der Waals surface area contributed by atoms with Crippen molar-refractivity contribution in [1.82, 2.24) is 4.98 Å². The van der Waals surface area contributed by atoms with Crippen LogP contribution >= 0.6 is 0 Å². The minimum absolute atomic E-state index is 0.247. The Morgan fingerprint density at radius 2 is 2.10 bits per heavy atom. The summed E-state index contributed by atoms with van der Waals surface area (Å²) in [6, 6.07) is 9.39. The van der Waals surface area contributed by atoms with E-state index in [1.807, 2.05) is 19.1 Å². The van der Waals surface area contributed by atoms with E-state index in [0.717, 1.165) is 35.2 Å². The van der Waals surface area contributed by atoms with Gasteiger partial charge < -0.3 is 10.8 Å². The molecular weight excluding hydrogens is 250 g/mol. The number of rotatable bonds is 2. The predicted octanol–water partition coefficient (Wildman–Crippen LogP) is 3.09. The lowest BCUT2D eigenvalue weighted by Crippen LogP contribution is -2.01. The molecule has 0 saturated heterocycles. The van der Waals surface area contributed by atoms with Gasteiger partial charge in [0.05, 0.1) is 0 Å². The molecule has 1 aromatic heterocycles. The lowest BCUT2D eigenvalue weighted by Gasteiger charge is -2.10. The Balaban J connectivity index is 2.20. The van der Waals surface area contributed by atoms with Crippen LogP contribution in [0, 0.1) is 18.3 Å². The molecule has 2 aromatic rings. The van der Waals surface area contributed by atoms with Gasteiger partial charge in [-0.15, -0.1) is 0 Å². The van der Waals surface area contributed by atoms with Gasteiger partial charge in [0.25, 0.3) is 0 Å². The standard InChI is InChI=1S/C16H15N3O/c1-9-6-11(4-5-15(9)20)12-7-14(10-2-3-10)19-16(18)13(12)8-17/h4-7,10,20H,2-3H2,1H3,(H2,18,19). The average Bonchev–Trinajstić information content (AvgIpc) is 3.25. The molecule has 0 aliphatic heterocycles. The molecule has 3 N–H and O–H groups in total. The molecule has 1 fully saturated rings. The van der Waals surface area contributed by atoms with Gasteiger partial charge in [0.1, 0.15) is 23.2 Å². The van der Waals surface area contributed by atoms with Crippen LogP contribution in [0.3, 0.4) is 0 Å². The van der Waals surface area contributed by atoms with Crippen molar-refractivity contribution in [2.45, 2.75) is 25.7 Å². The number of nitriles is 1. The zero-order chi connectivity index (χ0) is 14.3. The zero-order valence-corrected chi connectivity index (χ0v) is 11.2. The largest absolute Gasteiger partial charge is 0.508 e. The molecule has 0 bridgehead atoms. The van der Waals surface area contributed by atoms with Gasteiger partial charge in [0.15, 0.2) is 0 Å². The van der Waals surface area contributed by atoms with Crippen LogP contribution in [-0.4, -0.2) is 10.1 Å². The van der Waals surface area contributed by atoms with Crippen molar-refractivity contribution in [3.05, 3.63) is 41.1 Å². The fourth-order valence-corrected chi connectivity index (χ4v) is 2.34. The molecule has 0 spiro atoms. The van der Waals surface area contributed by atoms with Gasteiger partial charge in [-0.2, -0.15) is 5.26 Å². The Morgan fingerprint density at radius 3 is 2.70 bits per heavy atom. The van der Waals surface area contributed by atoms with Crippen LogP contribution in [0.2, 0.25) is 0 Å². The van der Waals surface area contributed by atoms with Crippen molar-refractivity contribution in [2.75, 3.05) is 5.73 Å². The van der Waals surface area contributed by atoms with E-state index in [-0.39, 0.29) is 11.6 Å². The smallest absolute Gasteiger partial charge is 0.142 e. The number of hydrogen-bond acceptors (Lipinski definition) is 4. The third-order valence-electron chi connectivity index (χ3n) is 3.68. The molecule has 0 atom stereocenters. The van der Waals surface area contributed by atoms with Crippen LogP contribution in [0.25, 0.3) is 11.1 Å². The lowest BCUT2D eigenvalue weighted by molar-refractivity contribution is 0.471. The number of nitrogen functional groups attached to an aromatic ring is 1. The minimum atomic E-state index is 0.247. The molecule has 4 nitrogen and oxygen atoms in total. The molecule has 1 aliphatic carbocycles. The number of aromatic nitrogens is 1. The maximum atomic E-state index is 9.62. The fraction of sp³-hybridized carbons (Fsp3) is 0.250. The molecular formula is C16H15N3O. The van der Waals surface area contributed by atoms with Crippen LogP contribution in [0.15, 0.2) is 24.3 Å². The van der Waals surface area contributed by atoms with Crippen LogP contribution < -0.4 is 5.73 Å².